The minimum atomic E-state index is -0.427. The average Bonchev–Trinajstić information content (AvgIpc) is 3.05. The molecule has 2 N–H and O–H groups in total. The van der Waals surface area contributed by atoms with Crippen LogP contribution in [0.1, 0.15) is 23.2 Å². The van der Waals surface area contributed by atoms with E-state index < -0.39 is 11.9 Å². The van der Waals surface area contributed by atoms with Crippen LogP contribution < -0.4 is 10.9 Å². The molecule has 0 spiro atoms. The number of aryl methyl sites for hydroxylation is 1. The van der Waals surface area contributed by atoms with Gasteiger partial charge < -0.3 is 4.74 Å². The van der Waals surface area contributed by atoms with E-state index >= 15 is 0 Å². The molecule has 28 heavy (non-hydrogen) atoms. The van der Waals surface area contributed by atoms with Gasteiger partial charge in [-0.25, -0.2) is 4.98 Å². The molecule has 0 bridgehead atoms. The van der Waals surface area contributed by atoms with Crippen LogP contribution in [0.15, 0.2) is 35.7 Å². The van der Waals surface area contributed by atoms with Gasteiger partial charge in [-0.15, -0.1) is 11.3 Å². The number of amides is 2. The van der Waals surface area contributed by atoms with Crippen LogP contribution in [0, 0.1) is 6.92 Å². The van der Waals surface area contributed by atoms with Crippen molar-refractivity contribution in [2.75, 3.05) is 19.7 Å². The Bertz CT molecular complexity index is 794. The summed E-state index contributed by atoms with van der Waals surface area (Å²) in [7, 11) is 0. The Morgan fingerprint density at radius 2 is 1.82 bits per heavy atom. The van der Waals surface area contributed by atoms with Gasteiger partial charge in [-0.05, 0) is 19.4 Å². The lowest BCUT2D eigenvalue weighted by molar-refractivity contribution is -0.145. The molecule has 0 saturated carbocycles. The summed E-state index contributed by atoms with van der Waals surface area (Å²) in [6, 6.07) is 9.49. The van der Waals surface area contributed by atoms with Gasteiger partial charge in [0.25, 0.3) is 5.91 Å². The maximum Gasteiger partial charge on any atom is 0.320 e. The Morgan fingerprint density at radius 1 is 1.11 bits per heavy atom. The molecule has 2 aromatic rings. The van der Waals surface area contributed by atoms with Crippen LogP contribution in [0.3, 0.4) is 0 Å². The molecule has 0 aliphatic carbocycles. The number of hydrazine groups is 1. The van der Waals surface area contributed by atoms with Crippen molar-refractivity contribution in [1.82, 2.24) is 20.7 Å². The van der Waals surface area contributed by atoms with Crippen molar-refractivity contribution in [3.05, 3.63) is 52.0 Å². The van der Waals surface area contributed by atoms with E-state index in [-0.39, 0.29) is 32.0 Å². The van der Waals surface area contributed by atoms with E-state index in [1.165, 1.54) is 11.3 Å². The van der Waals surface area contributed by atoms with Crippen LogP contribution in [0.2, 0.25) is 0 Å². The number of carbonyl (C=O) groups excluding carboxylic acids is 3. The summed E-state index contributed by atoms with van der Waals surface area (Å²) in [4.78, 5) is 41.8. The van der Waals surface area contributed by atoms with Gasteiger partial charge in [0.1, 0.15) is 5.01 Å². The molecule has 0 saturated heterocycles. The van der Waals surface area contributed by atoms with E-state index in [1.54, 1.807) is 11.8 Å². The van der Waals surface area contributed by atoms with Gasteiger partial charge in [-0.1, -0.05) is 30.3 Å². The quantitative estimate of drug-likeness (QED) is 0.481. The molecule has 2 rings (SSSR count). The van der Waals surface area contributed by atoms with Crippen molar-refractivity contribution >= 4 is 29.1 Å². The summed E-state index contributed by atoms with van der Waals surface area (Å²) in [5, 5.41) is 2.54. The highest BCUT2D eigenvalue weighted by molar-refractivity contribution is 7.09. The van der Waals surface area contributed by atoms with Gasteiger partial charge in [-0.3, -0.25) is 30.1 Å². The lowest BCUT2D eigenvalue weighted by atomic mass is 10.2. The Kier molecular flexibility index (Phi) is 8.57. The van der Waals surface area contributed by atoms with E-state index in [0.717, 1.165) is 11.3 Å². The zero-order chi connectivity index (χ0) is 20.4. The van der Waals surface area contributed by atoms with E-state index in [1.807, 2.05) is 42.6 Å². The number of ether oxygens (including phenoxy) is 1. The molecule has 0 unspecified atom stereocenters. The highest BCUT2D eigenvalue weighted by Crippen LogP contribution is 2.09. The molecule has 1 aromatic carbocycles. The second-order valence-electron chi connectivity index (χ2n) is 6.09. The summed E-state index contributed by atoms with van der Waals surface area (Å²) in [5.41, 5.74) is 6.56. The number of nitrogens with one attached hydrogen (secondary N) is 2. The van der Waals surface area contributed by atoms with Gasteiger partial charge in [0.05, 0.1) is 26.1 Å². The van der Waals surface area contributed by atoms with E-state index in [0.29, 0.717) is 11.6 Å². The number of nitrogens with zero attached hydrogens (tertiary/aromatic N) is 2. The topological polar surface area (TPSA) is 101 Å². The number of carbonyl (C=O) groups is 3. The molecule has 0 aliphatic rings. The largest absolute Gasteiger partial charge is 0.465 e. The predicted molar refractivity (Wildman–Crippen MR) is 105 cm³/mol. The summed E-state index contributed by atoms with van der Waals surface area (Å²) in [5.74, 6) is -1.19. The van der Waals surface area contributed by atoms with Crippen LogP contribution in [-0.4, -0.2) is 47.4 Å². The van der Waals surface area contributed by atoms with Gasteiger partial charge in [-0.2, -0.15) is 0 Å². The molecule has 150 valence electrons. The lowest BCUT2D eigenvalue weighted by Gasteiger charge is -2.21. The predicted octanol–water partition coefficient (Wildman–Crippen LogP) is 1.21. The first kappa shape index (κ1) is 21.5. The van der Waals surface area contributed by atoms with Crippen LogP contribution in [0.5, 0.6) is 0 Å². The third kappa shape index (κ3) is 7.85. The van der Waals surface area contributed by atoms with E-state index in [9.17, 15) is 14.4 Å². The Hall–Kier alpha value is -2.78. The van der Waals surface area contributed by atoms with Gasteiger partial charge in [0, 0.05) is 17.6 Å². The molecule has 1 aromatic heterocycles. The highest BCUT2D eigenvalue weighted by atomic mass is 32.1. The van der Waals surface area contributed by atoms with E-state index in [4.69, 9.17) is 4.74 Å². The van der Waals surface area contributed by atoms with Crippen LogP contribution in [-0.2, 0) is 32.1 Å². The van der Waals surface area contributed by atoms with Gasteiger partial charge in [0.15, 0.2) is 0 Å². The number of hydrogen-bond donors (Lipinski definition) is 2. The first-order valence-electron chi connectivity index (χ1n) is 8.87. The minimum Gasteiger partial charge on any atom is -0.465 e. The monoisotopic (exact) mass is 404 g/mol. The zero-order valence-corrected chi connectivity index (χ0v) is 16.8. The maximum absolute atomic E-state index is 12.2. The van der Waals surface area contributed by atoms with Crippen molar-refractivity contribution in [2.45, 2.75) is 26.8 Å². The van der Waals surface area contributed by atoms with Gasteiger partial charge in [0.2, 0.25) is 5.91 Å². The standard InChI is InChI=1S/C19H24N4O4S/c1-3-27-19(26)12-23(10-15-7-5-4-6-8-15)11-17(25)22-21-16(24)9-18-20-14(2)13-28-18/h4-8,13H,3,9-12H2,1-2H3,(H,21,24)(H,22,25). The van der Waals surface area contributed by atoms with Crippen molar-refractivity contribution in [3.63, 3.8) is 0 Å². The Morgan fingerprint density at radius 3 is 2.46 bits per heavy atom. The highest BCUT2D eigenvalue weighted by Gasteiger charge is 2.16. The smallest absolute Gasteiger partial charge is 0.320 e. The molecule has 0 radical (unpaired) electrons. The fourth-order valence-corrected chi connectivity index (χ4v) is 3.22. The Labute approximate surface area is 167 Å². The van der Waals surface area contributed by atoms with E-state index in [2.05, 4.69) is 15.8 Å². The van der Waals surface area contributed by atoms with Crippen molar-refractivity contribution in [1.29, 1.82) is 0 Å². The zero-order valence-electron chi connectivity index (χ0n) is 15.9. The SMILES string of the molecule is CCOC(=O)CN(CC(=O)NNC(=O)Cc1nc(C)cs1)Cc1ccccc1. The molecule has 9 heteroatoms. The van der Waals surface area contributed by atoms with Crippen molar-refractivity contribution in [2.24, 2.45) is 0 Å². The molecular weight excluding hydrogens is 380 g/mol. The number of hydrogen-bond acceptors (Lipinski definition) is 7. The third-order valence-corrected chi connectivity index (χ3v) is 4.56. The summed E-state index contributed by atoms with van der Waals surface area (Å²) in [6.45, 7) is 4.17. The first-order valence-corrected chi connectivity index (χ1v) is 9.74. The summed E-state index contributed by atoms with van der Waals surface area (Å²) >= 11 is 1.39. The number of aromatic nitrogens is 1. The molecule has 0 aliphatic heterocycles. The number of esters is 1. The first-order chi connectivity index (χ1) is 13.5. The molecule has 1 heterocycles. The maximum atomic E-state index is 12.2. The Balaban J connectivity index is 1.85. The molecule has 0 atom stereocenters. The summed E-state index contributed by atoms with van der Waals surface area (Å²) < 4.78 is 4.97. The number of benzene rings is 1. The minimum absolute atomic E-state index is 0.0253. The molecule has 8 nitrogen and oxygen atoms in total. The number of rotatable bonds is 9. The third-order valence-electron chi connectivity index (χ3n) is 3.59. The van der Waals surface area contributed by atoms with Crippen LogP contribution >= 0.6 is 11.3 Å². The molecule has 0 fully saturated rings. The number of thiazole rings is 1. The second kappa shape index (κ2) is 11.2. The molecule has 2 amide bonds. The fraction of sp³-hybridized carbons (Fsp3) is 0.368. The fourth-order valence-electron chi connectivity index (χ4n) is 2.45. The van der Waals surface area contributed by atoms with Crippen molar-refractivity contribution < 1.29 is 19.1 Å². The summed E-state index contributed by atoms with van der Waals surface area (Å²) in [6.07, 6.45) is 0.0926. The lowest BCUT2D eigenvalue weighted by Crippen LogP contribution is -2.47. The average molecular weight is 404 g/mol. The van der Waals surface area contributed by atoms with Crippen LogP contribution in [0.25, 0.3) is 0 Å². The normalized spacial score (nSPS) is 10.5. The van der Waals surface area contributed by atoms with Gasteiger partial charge >= 0.3 is 5.97 Å². The van der Waals surface area contributed by atoms with Crippen molar-refractivity contribution in [3.8, 4) is 0 Å². The molecular formula is C19H24N4O4S. The van der Waals surface area contributed by atoms with Crippen LogP contribution in [0.4, 0.5) is 0 Å². The second-order valence-corrected chi connectivity index (χ2v) is 7.03.